The Labute approximate surface area is 125 Å². The molecule has 1 aromatic carbocycles. The third kappa shape index (κ3) is 3.63. The van der Waals surface area contributed by atoms with E-state index in [0.29, 0.717) is 22.3 Å². The summed E-state index contributed by atoms with van der Waals surface area (Å²) < 4.78 is 13.9. The van der Waals surface area contributed by atoms with E-state index < -0.39 is 0 Å². The zero-order valence-electron chi connectivity index (χ0n) is 13.4. The lowest BCUT2D eigenvalue weighted by atomic mass is 9.82. The summed E-state index contributed by atoms with van der Waals surface area (Å²) in [6.07, 6.45) is 2.56. The normalized spacial score (nSPS) is 12.7. The van der Waals surface area contributed by atoms with Gasteiger partial charge in [0.05, 0.1) is 5.39 Å². The largest absolute Gasteiger partial charge is 0.398 e. The Bertz CT molecular complexity index is 657. The Morgan fingerprint density at radius 1 is 1.14 bits per heavy atom. The van der Waals surface area contributed by atoms with Crippen LogP contribution in [-0.4, -0.2) is 10.5 Å². The fourth-order valence-corrected chi connectivity index (χ4v) is 3.07. The highest BCUT2D eigenvalue weighted by Gasteiger charge is 2.26. The molecule has 0 radical (unpaired) electrons. The summed E-state index contributed by atoms with van der Waals surface area (Å²) in [5.74, 6) is 0.358. The van der Waals surface area contributed by atoms with E-state index in [2.05, 4.69) is 44.9 Å². The summed E-state index contributed by atoms with van der Waals surface area (Å²) in [5.41, 5.74) is 6.57. The van der Waals surface area contributed by atoms with Crippen molar-refractivity contribution in [2.24, 2.45) is 5.41 Å². The highest BCUT2D eigenvalue weighted by atomic mass is 19.1. The molecule has 0 spiro atoms. The number of halogens is 1. The monoisotopic (exact) mass is 289 g/mol. The van der Waals surface area contributed by atoms with Gasteiger partial charge in [0.2, 0.25) is 0 Å². The van der Waals surface area contributed by atoms with Gasteiger partial charge in [-0.3, -0.25) is 0 Å². The minimum absolute atomic E-state index is 0.168. The Kier molecular flexibility index (Phi) is 3.83. The molecule has 2 rings (SSSR count). The summed E-state index contributed by atoms with van der Waals surface area (Å²) in [5, 5.41) is 4.58. The van der Waals surface area contributed by atoms with Crippen LogP contribution in [0.2, 0.25) is 0 Å². The van der Waals surface area contributed by atoms with E-state index in [0.717, 1.165) is 6.42 Å². The number of nitrogen functional groups attached to an aromatic ring is 1. The van der Waals surface area contributed by atoms with Gasteiger partial charge in [-0.1, -0.05) is 20.8 Å². The molecule has 3 N–H and O–H groups in total. The number of anilines is 2. The number of hydrogen-bond donors (Lipinski definition) is 2. The van der Waals surface area contributed by atoms with Gasteiger partial charge >= 0.3 is 0 Å². The number of nitrogens with zero attached hydrogens (tertiary/aromatic N) is 1. The molecule has 114 valence electrons. The maximum absolute atomic E-state index is 13.9. The van der Waals surface area contributed by atoms with Crippen molar-refractivity contribution >= 4 is 22.3 Å². The molecule has 0 saturated heterocycles. The number of nitrogens with one attached hydrogen (secondary N) is 1. The lowest BCUT2D eigenvalue weighted by Gasteiger charge is -2.34. The van der Waals surface area contributed by atoms with Gasteiger partial charge < -0.3 is 11.1 Å². The van der Waals surface area contributed by atoms with Crippen LogP contribution in [0.1, 0.15) is 41.0 Å². The maximum Gasteiger partial charge on any atom is 0.136 e. The van der Waals surface area contributed by atoms with E-state index in [1.54, 1.807) is 18.3 Å². The number of rotatable bonds is 3. The van der Waals surface area contributed by atoms with Crippen molar-refractivity contribution in [3.63, 3.8) is 0 Å². The first kappa shape index (κ1) is 15.5. The van der Waals surface area contributed by atoms with Crippen molar-refractivity contribution in [3.8, 4) is 0 Å². The number of nitrogens with two attached hydrogens (primary N) is 1. The molecule has 21 heavy (non-hydrogen) atoms. The molecule has 0 aliphatic rings. The minimum Gasteiger partial charge on any atom is -0.398 e. The third-order valence-electron chi connectivity index (χ3n) is 3.34. The van der Waals surface area contributed by atoms with Crippen LogP contribution in [0.3, 0.4) is 0 Å². The second-order valence-corrected chi connectivity index (χ2v) is 7.47. The number of benzene rings is 1. The summed E-state index contributed by atoms with van der Waals surface area (Å²) in [4.78, 5) is 4.37. The number of aromatic nitrogens is 1. The molecule has 0 aliphatic heterocycles. The fourth-order valence-electron chi connectivity index (χ4n) is 3.07. The van der Waals surface area contributed by atoms with E-state index in [1.807, 2.05) is 0 Å². The third-order valence-corrected chi connectivity index (χ3v) is 3.34. The number of pyridine rings is 1. The van der Waals surface area contributed by atoms with Crippen molar-refractivity contribution in [3.05, 3.63) is 30.2 Å². The highest BCUT2D eigenvalue weighted by Crippen LogP contribution is 2.34. The zero-order chi connectivity index (χ0) is 15.8. The van der Waals surface area contributed by atoms with Crippen LogP contribution in [0.5, 0.6) is 0 Å². The molecule has 2 aromatic rings. The molecule has 4 heteroatoms. The van der Waals surface area contributed by atoms with Crippen molar-refractivity contribution in [1.82, 2.24) is 4.98 Å². The lowest BCUT2D eigenvalue weighted by molar-refractivity contribution is 0.302. The van der Waals surface area contributed by atoms with Crippen LogP contribution in [0.15, 0.2) is 24.4 Å². The van der Waals surface area contributed by atoms with Crippen LogP contribution in [0, 0.1) is 11.2 Å². The Balaban J connectivity index is 2.46. The van der Waals surface area contributed by atoms with Gasteiger partial charge in [0.25, 0.3) is 0 Å². The highest BCUT2D eigenvalue weighted by molar-refractivity contribution is 6.01. The first-order valence-corrected chi connectivity index (χ1v) is 7.20. The SMILES string of the molecule is CC(C)(C)CC(C)(C)Nc1nccc2c(F)ccc(N)c12. The van der Waals surface area contributed by atoms with Crippen molar-refractivity contribution in [1.29, 1.82) is 0 Å². The fraction of sp³-hybridized carbons (Fsp3) is 0.471. The number of fused-ring (bicyclic) bond motifs is 1. The predicted octanol–water partition coefficient (Wildman–Crippen LogP) is 4.58. The van der Waals surface area contributed by atoms with E-state index in [-0.39, 0.29) is 16.8 Å². The summed E-state index contributed by atoms with van der Waals surface area (Å²) >= 11 is 0. The minimum atomic E-state index is -0.279. The molecule has 0 atom stereocenters. The molecule has 0 unspecified atom stereocenters. The molecular weight excluding hydrogens is 265 g/mol. The summed E-state index contributed by atoms with van der Waals surface area (Å²) in [6.45, 7) is 10.8. The van der Waals surface area contributed by atoms with Gasteiger partial charge in [-0.15, -0.1) is 0 Å². The van der Waals surface area contributed by atoms with Gasteiger partial charge in [-0.2, -0.15) is 0 Å². The van der Waals surface area contributed by atoms with Crippen LogP contribution in [0.25, 0.3) is 10.8 Å². The molecule has 1 heterocycles. The van der Waals surface area contributed by atoms with E-state index in [9.17, 15) is 4.39 Å². The molecule has 0 bridgehead atoms. The molecular formula is C17H24FN3. The van der Waals surface area contributed by atoms with Crippen molar-refractivity contribution in [2.75, 3.05) is 11.1 Å². The van der Waals surface area contributed by atoms with Crippen LogP contribution in [0.4, 0.5) is 15.9 Å². The van der Waals surface area contributed by atoms with Gasteiger partial charge in [0.15, 0.2) is 0 Å². The average Bonchev–Trinajstić information content (AvgIpc) is 2.30. The molecule has 3 nitrogen and oxygen atoms in total. The van der Waals surface area contributed by atoms with Crippen molar-refractivity contribution < 1.29 is 4.39 Å². The quantitative estimate of drug-likeness (QED) is 0.813. The van der Waals surface area contributed by atoms with Gasteiger partial charge in [0.1, 0.15) is 11.6 Å². The Morgan fingerprint density at radius 2 is 1.81 bits per heavy atom. The average molecular weight is 289 g/mol. The summed E-state index contributed by atoms with van der Waals surface area (Å²) in [7, 11) is 0. The Hall–Kier alpha value is -1.84. The second-order valence-electron chi connectivity index (χ2n) is 7.47. The van der Waals surface area contributed by atoms with Gasteiger partial charge in [-0.05, 0) is 43.9 Å². The molecule has 0 fully saturated rings. The molecule has 0 amide bonds. The van der Waals surface area contributed by atoms with E-state index in [4.69, 9.17) is 5.73 Å². The predicted molar refractivity (Wildman–Crippen MR) is 87.9 cm³/mol. The lowest BCUT2D eigenvalue weighted by Crippen LogP contribution is -2.35. The smallest absolute Gasteiger partial charge is 0.136 e. The van der Waals surface area contributed by atoms with Crippen LogP contribution < -0.4 is 11.1 Å². The van der Waals surface area contributed by atoms with Crippen molar-refractivity contribution in [2.45, 2.75) is 46.6 Å². The zero-order valence-corrected chi connectivity index (χ0v) is 13.4. The van der Waals surface area contributed by atoms with E-state index in [1.165, 1.54) is 6.07 Å². The first-order chi connectivity index (χ1) is 9.59. The van der Waals surface area contributed by atoms with Gasteiger partial charge in [-0.25, -0.2) is 9.37 Å². The standard InChI is InChI=1S/C17H24FN3/c1-16(2,3)10-17(4,5)21-15-14-11(8-9-20-15)12(18)6-7-13(14)19/h6-9H,10,19H2,1-5H3,(H,20,21). The Morgan fingerprint density at radius 3 is 2.43 bits per heavy atom. The topological polar surface area (TPSA) is 50.9 Å². The second kappa shape index (κ2) is 5.17. The van der Waals surface area contributed by atoms with Crippen LogP contribution >= 0.6 is 0 Å². The van der Waals surface area contributed by atoms with E-state index >= 15 is 0 Å². The first-order valence-electron chi connectivity index (χ1n) is 7.20. The summed E-state index contributed by atoms with van der Waals surface area (Å²) in [6, 6.07) is 4.63. The molecule has 0 saturated carbocycles. The maximum atomic E-state index is 13.9. The van der Waals surface area contributed by atoms with Gasteiger partial charge in [0, 0.05) is 22.8 Å². The van der Waals surface area contributed by atoms with Crippen LogP contribution in [-0.2, 0) is 0 Å². The number of hydrogen-bond acceptors (Lipinski definition) is 3. The molecule has 0 aliphatic carbocycles. The molecule has 1 aromatic heterocycles.